The molecule has 0 saturated carbocycles. The maximum atomic E-state index is 13.9. The van der Waals surface area contributed by atoms with Gasteiger partial charge in [0.15, 0.2) is 5.65 Å². The van der Waals surface area contributed by atoms with Gasteiger partial charge in [-0.15, -0.1) is 0 Å². The van der Waals surface area contributed by atoms with Crippen LogP contribution in [0.1, 0.15) is 46.2 Å². The lowest BCUT2D eigenvalue weighted by molar-refractivity contribution is 0.101. The van der Waals surface area contributed by atoms with E-state index < -0.39 is 11.7 Å². The van der Waals surface area contributed by atoms with Crippen LogP contribution >= 0.6 is 0 Å². The summed E-state index contributed by atoms with van der Waals surface area (Å²) in [5.74, 6) is -1.55. The third-order valence-corrected chi connectivity index (χ3v) is 5.05. The van der Waals surface area contributed by atoms with Gasteiger partial charge in [0.05, 0.1) is 23.6 Å². The van der Waals surface area contributed by atoms with Gasteiger partial charge in [-0.2, -0.15) is 5.10 Å². The van der Waals surface area contributed by atoms with Crippen LogP contribution in [0, 0.1) is 12.7 Å². The van der Waals surface area contributed by atoms with E-state index in [4.69, 9.17) is 0 Å². The van der Waals surface area contributed by atoms with Crippen molar-refractivity contribution in [2.45, 2.75) is 26.8 Å². The molecule has 2 heterocycles. The quantitative estimate of drug-likeness (QED) is 0.467. The van der Waals surface area contributed by atoms with E-state index in [1.807, 2.05) is 18.5 Å². The molecule has 2 aromatic carbocycles. The first kappa shape index (κ1) is 21.2. The summed E-state index contributed by atoms with van der Waals surface area (Å²) in [5, 5.41) is 10.6. The van der Waals surface area contributed by atoms with Crippen molar-refractivity contribution in [1.82, 2.24) is 14.8 Å². The summed E-state index contributed by atoms with van der Waals surface area (Å²) in [6, 6.07) is 12.7. The second-order valence-electron chi connectivity index (χ2n) is 7.74. The molecule has 0 aliphatic rings. The van der Waals surface area contributed by atoms with Crippen molar-refractivity contribution >= 4 is 34.2 Å². The third-order valence-electron chi connectivity index (χ3n) is 5.05. The Balaban J connectivity index is 1.54. The molecule has 0 bridgehead atoms. The Morgan fingerprint density at radius 2 is 1.78 bits per heavy atom. The number of aryl methyl sites for hydroxylation is 1. The van der Waals surface area contributed by atoms with Gasteiger partial charge in [-0.05, 0) is 56.7 Å². The Morgan fingerprint density at radius 1 is 1.00 bits per heavy atom. The van der Waals surface area contributed by atoms with Crippen molar-refractivity contribution in [3.63, 3.8) is 0 Å². The van der Waals surface area contributed by atoms with Crippen LogP contribution in [-0.4, -0.2) is 26.6 Å². The van der Waals surface area contributed by atoms with Gasteiger partial charge in [0, 0.05) is 22.7 Å². The predicted octanol–water partition coefficient (Wildman–Crippen LogP) is 4.96. The first-order valence-corrected chi connectivity index (χ1v) is 10.1. The van der Waals surface area contributed by atoms with E-state index in [0.29, 0.717) is 16.9 Å². The number of fused-ring (bicyclic) bond motifs is 1. The molecular formula is C24H22FN5O2. The summed E-state index contributed by atoms with van der Waals surface area (Å²) in [6.45, 7) is 5.83. The molecule has 0 fully saturated rings. The average molecular weight is 431 g/mol. The summed E-state index contributed by atoms with van der Waals surface area (Å²) in [7, 11) is 0. The summed E-state index contributed by atoms with van der Waals surface area (Å²) >= 11 is 0. The van der Waals surface area contributed by atoms with Crippen LogP contribution in [0.4, 0.5) is 15.8 Å². The normalized spacial score (nSPS) is 11.0. The van der Waals surface area contributed by atoms with Crippen LogP contribution in [0.25, 0.3) is 11.0 Å². The summed E-state index contributed by atoms with van der Waals surface area (Å²) < 4.78 is 15.7. The zero-order chi connectivity index (χ0) is 22.8. The minimum atomic E-state index is -0.611. The van der Waals surface area contributed by atoms with Crippen LogP contribution in [0.15, 0.2) is 60.9 Å². The predicted molar refractivity (Wildman–Crippen MR) is 121 cm³/mol. The number of halogens is 1. The van der Waals surface area contributed by atoms with E-state index in [1.54, 1.807) is 49.6 Å². The molecule has 2 amide bonds. The number of carbonyl (C=O) groups excluding carboxylic acids is 2. The van der Waals surface area contributed by atoms with E-state index >= 15 is 0 Å². The number of hydrogen-bond donors (Lipinski definition) is 2. The molecule has 0 spiro atoms. The van der Waals surface area contributed by atoms with Crippen molar-refractivity contribution in [2.75, 3.05) is 10.6 Å². The van der Waals surface area contributed by atoms with E-state index in [9.17, 15) is 14.0 Å². The van der Waals surface area contributed by atoms with Crippen molar-refractivity contribution in [2.24, 2.45) is 0 Å². The molecule has 0 atom stereocenters. The Hall–Kier alpha value is -4.07. The zero-order valence-electron chi connectivity index (χ0n) is 17.9. The van der Waals surface area contributed by atoms with Crippen LogP contribution in [-0.2, 0) is 0 Å². The van der Waals surface area contributed by atoms with Gasteiger partial charge in [-0.1, -0.05) is 18.2 Å². The number of benzene rings is 2. The van der Waals surface area contributed by atoms with Crippen LogP contribution in [0.5, 0.6) is 0 Å². The molecule has 32 heavy (non-hydrogen) atoms. The first-order chi connectivity index (χ1) is 15.3. The summed E-state index contributed by atoms with van der Waals surface area (Å²) in [5.41, 5.74) is 2.73. The Kier molecular flexibility index (Phi) is 5.68. The molecule has 0 aliphatic heterocycles. The number of hydrogen-bond acceptors (Lipinski definition) is 4. The number of pyridine rings is 1. The minimum Gasteiger partial charge on any atom is -0.322 e. The van der Waals surface area contributed by atoms with Gasteiger partial charge in [0.2, 0.25) is 0 Å². The second kappa shape index (κ2) is 8.58. The SMILES string of the molecule is Cc1ccc(C(=O)Nc2cnc3c(cnn3C(C)C)c2)cc1NC(=O)c1ccccc1F. The number of nitrogens with one attached hydrogen (secondary N) is 2. The highest BCUT2D eigenvalue weighted by Gasteiger charge is 2.15. The largest absolute Gasteiger partial charge is 0.322 e. The van der Waals surface area contributed by atoms with Gasteiger partial charge in [0.25, 0.3) is 11.8 Å². The highest BCUT2D eigenvalue weighted by Crippen LogP contribution is 2.22. The molecule has 0 saturated heterocycles. The minimum absolute atomic E-state index is 0.0666. The molecular weight excluding hydrogens is 409 g/mol. The first-order valence-electron chi connectivity index (χ1n) is 10.1. The summed E-state index contributed by atoms with van der Waals surface area (Å²) in [4.78, 5) is 29.7. The lowest BCUT2D eigenvalue weighted by atomic mass is 10.1. The van der Waals surface area contributed by atoms with Crippen molar-refractivity contribution in [3.8, 4) is 0 Å². The van der Waals surface area contributed by atoms with Gasteiger partial charge >= 0.3 is 0 Å². The molecule has 4 aromatic rings. The average Bonchev–Trinajstić information content (AvgIpc) is 3.19. The lowest BCUT2D eigenvalue weighted by Gasteiger charge is -2.12. The lowest BCUT2D eigenvalue weighted by Crippen LogP contribution is -2.16. The van der Waals surface area contributed by atoms with Gasteiger partial charge in [0.1, 0.15) is 5.82 Å². The Bertz CT molecular complexity index is 1330. The Labute approximate surface area is 184 Å². The molecule has 2 N–H and O–H groups in total. The van der Waals surface area contributed by atoms with Crippen LogP contribution in [0.3, 0.4) is 0 Å². The van der Waals surface area contributed by atoms with Crippen LogP contribution < -0.4 is 10.6 Å². The highest BCUT2D eigenvalue weighted by molar-refractivity contribution is 6.08. The highest BCUT2D eigenvalue weighted by atomic mass is 19.1. The number of carbonyl (C=O) groups is 2. The smallest absolute Gasteiger partial charge is 0.258 e. The van der Waals surface area contributed by atoms with Crippen LogP contribution in [0.2, 0.25) is 0 Å². The summed E-state index contributed by atoms with van der Waals surface area (Å²) in [6.07, 6.45) is 3.29. The standard InChI is InChI=1S/C24H22FN5O2/c1-14(2)30-22-17(12-27-30)10-18(13-26-22)28-23(31)16-9-8-15(3)21(11-16)29-24(32)19-6-4-5-7-20(19)25/h4-14H,1-3H3,(H,28,31)(H,29,32). The molecule has 2 aromatic heterocycles. The Morgan fingerprint density at radius 3 is 2.53 bits per heavy atom. The number of nitrogens with zero attached hydrogens (tertiary/aromatic N) is 3. The monoisotopic (exact) mass is 431 g/mol. The number of amides is 2. The number of rotatable bonds is 5. The maximum absolute atomic E-state index is 13.9. The van der Waals surface area contributed by atoms with Gasteiger partial charge in [-0.25, -0.2) is 14.1 Å². The molecule has 4 rings (SSSR count). The van der Waals surface area contributed by atoms with Gasteiger partial charge < -0.3 is 10.6 Å². The molecule has 8 heteroatoms. The molecule has 162 valence electrons. The van der Waals surface area contributed by atoms with Crippen molar-refractivity contribution in [3.05, 3.63) is 83.4 Å². The van der Waals surface area contributed by atoms with Gasteiger partial charge in [-0.3, -0.25) is 9.59 Å². The van der Waals surface area contributed by atoms with E-state index in [2.05, 4.69) is 20.7 Å². The van der Waals surface area contributed by atoms with E-state index in [1.165, 1.54) is 18.2 Å². The topological polar surface area (TPSA) is 88.9 Å². The molecule has 0 radical (unpaired) electrons. The fourth-order valence-electron chi connectivity index (χ4n) is 3.32. The maximum Gasteiger partial charge on any atom is 0.258 e. The van der Waals surface area contributed by atoms with Crippen molar-refractivity contribution < 1.29 is 14.0 Å². The fourth-order valence-corrected chi connectivity index (χ4v) is 3.32. The molecule has 7 nitrogen and oxygen atoms in total. The molecule has 0 aliphatic carbocycles. The fraction of sp³-hybridized carbons (Fsp3) is 0.167. The molecule has 0 unspecified atom stereocenters. The van der Waals surface area contributed by atoms with Crippen molar-refractivity contribution in [1.29, 1.82) is 0 Å². The third kappa shape index (κ3) is 4.20. The second-order valence-corrected chi connectivity index (χ2v) is 7.74. The number of aromatic nitrogens is 3. The van der Waals surface area contributed by atoms with E-state index in [-0.39, 0.29) is 17.5 Å². The zero-order valence-corrected chi connectivity index (χ0v) is 17.9. The van der Waals surface area contributed by atoms with E-state index in [0.717, 1.165) is 16.6 Å². The number of anilines is 2.